The fourth-order valence-electron chi connectivity index (χ4n) is 4.03. The number of rotatable bonds is 9. The Labute approximate surface area is 200 Å². The minimum Gasteiger partial charge on any atom is -0.507 e. The van der Waals surface area contributed by atoms with Gasteiger partial charge in [0.25, 0.3) is 11.7 Å². The van der Waals surface area contributed by atoms with Gasteiger partial charge in [-0.1, -0.05) is 26.0 Å². The van der Waals surface area contributed by atoms with Crippen LogP contribution in [0.4, 0.5) is 4.39 Å². The maximum Gasteiger partial charge on any atom is 0.295 e. The molecule has 2 aromatic rings. The zero-order chi connectivity index (χ0) is 25.0. The normalized spacial score (nSPS) is 17.8. The van der Waals surface area contributed by atoms with Crippen molar-refractivity contribution in [3.63, 3.8) is 0 Å². The van der Waals surface area contributed by atoms with Crippen molar-refractivity contribution in [3.05, 3.63) is 70.5 Å². The number of likely N-dealkylation sites (tertiary alicyclic amines) is 1. The summed E-state index contributed by atoms with van der Waals surface area (Å²) in [6, 6.07) is 10.1. The number of carbonyl (C=O) groups excluding carboxylic acids is 2. The van der Waals surface area contributed by atoms with E-state index in [-0.39, 0.29) is 11.3 Å². The molecule has 1 aliphatic rings. The number of aliphatic hydroxyl groups excluding tert-OH is 1. The van der Waals surface area contributed by atoms with Gasteiger partial charge in [-0.25, -0.2) is 4.39 Å². The monoisotopic (exact) mass is 468 g/mol. The highest BCUT2D eigenvalue weighted by atomic mass is 19.1. The molecule has 0 spiro atoms. The first-order valence-electron chi connectivity index (χ1n) is 11.5. The molecule has 0 aliphatic carbocycles. The summed E-state index contributed by atoms with van der Waals surface area (Å²) in [6.45, 7) is 7.61. The van der Waals surface area contributed by atoms with Gasteiger partial charge in [-0.3, -0.25) is 9.59 Å². The molecule has 34 heavy (non-hydrogen) atoms. The van der Waals surface area contributed by atoms with Crippen LogP contribution in [0.2, 0.25) is 0 Å². The molecular weight excluding hydrogens is 435 g/mol. The zero-order valence-corrected chi connectivity index (χ0v) is 20.5. The number of amides is 1. The molecule has 1 atom stereocenters. The van der Waals surface area contributed by atoms with Crippen LogP contribution in [-0.2, 0) is 9.59 Å². The molecule has 0 aromatic heterocycles. The van der Waals surface area contributed by atoms with Crippen molar-refractivity contribution in [2.24, 2.45) is 5.92 Å². The number of benzene rings is 2. The number of nitrogens with zero attached hydrogens (tertiary/aromatic N) is 2. The molecule has 182 valence electrons. The molecule has 0 saturated carbocycles. The van der Waals surface area contributed by atoms with Gasteiger partial charge < -0.3 is 19.6 Å². The second-order valence-electron chi connectivity index (χ2n) is 9.39. The van der Waals surface area contributed by atoms with Crippen LogP contribution in [0.5, 0.6) is 5.75 Å². The van der Waals surface area contributed by atoms with Gasteiger partial charge >= 0.3 is 0 Å². The van der Waals surface area contributed by atoms with Crippen molar-refractivity contribution < 1.29 is 23.8 Å². The van der Waals surface area contributed by atoms with Crippen molar-refractivity contribution in [3.8, 4) is 5.75 Å². The van der Waals surface area contributed by atoms with Gasteiger partial charge in [-0.05, 0) is 81.4 Å². The van der Waals surface area contributed by atoms with E-state index in [0.29, 0.717) is 42.4 Å². The Morgan fingerprint density at radius 3 is 2.41 bits per heavy atom. The number of Topliss-reactive ketones (excluding diaryl/α,β-unsaturated/α-hetero) is 1. The Balaban J connectivity index is 2.03. The Bertz CT molecular complexity index is 1080. The van der Waals surface area contributed by atoms with E-state index in [0.717, 1.165) is 12.1 Å². The Morgan fingerprint density at radius 2 is 1.82 bits per heavy atom. The fourth-order valence-corrected chi connectivity index (χ4v) is 4.03. The zero-order valence-electron chi connectivity index (χ0n) is 20.5. The van der Waals surface area contributed by atoms with Crippen LogP contribution in [0.1, 0.15) is 43.0 Å². The summed E-state index contributed by atoms with van der Waals surface area (Å²) in [6.07, 6.45) is 0.652. The van der Waals surface area contributed by atoms with Crippen LogP contribution in [-0.4, -0.2) is 60.4 Å². The molecule has 1 N–H and O–H groups in total. The maximum absolute atomic E-state index is 13.6. The van der Waals surface area contributed by atoms with Crippen molar-refractivity contribution in [1.29, 1.82) is 0 Å². The van der Waals surface area contributed by atoms with E-state index in [9.17, 15) is 19.1 Å². The minimum atomic E-state index is -0.792. The molecule has 1 amide bonds. The van der Waals surface area contributed by atoms with Gasteiger partial charge in [-0.2, -0.15) is 0 Å². The molecule has 1 heterocycles. The highest BCUT2D eigenvalue weighted by Crippen LogP contribution is 2.40. The van der Waals surface area contributed by atoms with Crippen LogP contribution in [0.3, 0.4) is 0 Å². The van der Waals surface area contributed by atoms with Gasteiger partial charge in [0.1, 0.15) is 17.3 Å². The molecule has 1 fully saturated rings. The lowest BCUT2D eigenvalue weighted by Gasteiger charge is -2.26. The Hall–Kier alpha value is -3.19. The summed E-state index contributed by atoms with van der Waals surface area (Å²) in [7, 11) is 3.87. The SMILES string of the molecule is Cc1cc(/C(O)=C2\C(=O)C(=O)N(CCCN(C)C)[C@@H]2c2ccc(F)cc2)ccc1OCC(C)C. The van der Waals surface area contributed by atoms with Gasteiger partial charge in [0.05, 0.1) is 18.2 Å². The van der Waals surface area contributed by atoms with Gasteiger partial charge in [0.15, 0.2) is 0 Å². The summed E-state index contributed by atoms with van der Waals surface area (Å²) in [5.41, 5.74) is 1.81. The van der Waals surface area contributed by atoms with Crippen LogP contribution >= 0.6 is 0 Å². The van der Waals surface area contributed by atoms with Crippen molar-refractivity contribution in [2.75, 3.05) is 33.8 Å². The topological polar surface area (TPSA) is 70.1 Å². The number of hydrogen-bond acceptors (Lipinski definition) is 5. The van der Waals surface area contributed by atoms with Crippen LogP contribution in [0.15, 0.2) is 48.0 Å². The summed E-state index contributed by atoms with van der Waals surface area (Å²) in [5, 5.41) is 11.2. The summed E-state index contributed by atoms with van der Waals surface area (Å²) >= 11 is 0. The highest BCUT2D eigenvalue weighted by molar-refractivity contribution is 6.46. The number of aliphatic hydroxyl groups is 1. The molecule has 2 aromatic carbocycles. The second kappa shape index (κ2) is 10.8. The van der Waals surface area contributed by atoms with Gasteiger partial charge in [0, 0.05) is 12.1 Å². The summed E-state index contributed by atoms with van der Waals surface area (Å²) in [5.74, 6) is -1.00. The van der Waals surface area contributed by atoms with E-state index in [1.165, 1.54) is 17.0 Å². The first-order valence-corrected chi connectivity index (χ1v) is 11.5. The number of ketones is 1. The molecule has 0 radical (unpaired) electrons. The average molecular weight is 469 g/mol. The van der Waals surface area contributed by atoms with E-state index >= 15 is 0 Å². The first kappa shape index (κ1) is 25.4. The molecule has 0 unspecified atom stereocenters. The number of halogens is 1. The molecule has 1 aliphatic heterocycles. The predicted molar refractivity (Wildman–Crippen MR) is 130 cm³/mol. The van der Waals surface area contributed by atoms with Gasteiger partial charge in [-0.15, -0.1) is 0 Å². The molecule has 6 nitrogen and oxygen atoms in total. The number of ether oxygens (including phenoxy) is 1. The third-order valence-electron chi connectivity index (χ3n) is 5.75. The van der Waals surface area contributed by atoms with E-state index < -0.39 is 23.5 Å². The van der Waals surface area contributed by atoms with Crippen LogP contribution in [0.25, 0.3) is 5.76 Å². The second-order valence-corrected chi connectivity index (χ2v) is 9.39. The smallest absolute Gasteiger partial charge is 0.295 e. The van der Waals surface area contributed by atoms with E-state index in [1.54, 1.807) is 30.3 Å². The summed E-state index contributed by atoms with van der Waals surface area (Å²) < 4.78 is 19.4. The first-order chi connectivity index (χ1) is 16.1. The fraction of sp³-hybridized carbons (Fsp3) is 0.407. The Kier molecular flexibility index (Phi) is 8.10. The van der Waals surface area contributed by atoms with E-state index in [4.69, 9.17) is 4.74 Å². The number of carbonyl (C=O) groups is 2. The average Bonchev–Trinajstić information content (AvgIpc) is 3.03. The van der Waals surface area contributed by atoms with Crippen molar-refractivity contribution in [1.82, 2.24) is 9.80 Å². The standard InChI is InChI=1S/C27H33FN2O4/c1-17(2)16-34-22-12-9-20(15-18(22)3)25(31)23-24(19-7-10-21(28)11-8-19)30(27(33)26(23)32)14-6-13-29(4)5/h7-12,15,17,24,31H,6,13-14,16H2,1-5H3/b25-23+/t24-/m1/s1. The van der Waals surface area contributed by atoms with Crippen LogP contribution < -0.4 is 4.74 Å². The largest absolute Gasteiger partial charge is 0.507 e. The molecular formula is C27H33FN2O4. The lowest BCUT2D eigenvalue weighted by molar-refractivity contribution is -0.139. The number of hydrogen-bond donors (Lipinski definition) is 1. The predicted octanol–water partition coefficient (Wildman–Crippen LogP) is 4.54. The molecule has 3 rings (SSSR count). The molecule has 1 saturated heterocycles. The summed E-state index contributed by atoms with van der Waals surface area (Å²) in [4.78, 5) is 29.5. The quantitative estimate of drug-likeness (QED) is 0.332. The van der Waals surface area contributed by atoms with Crippen molar-refractivity contribution >= 4 is 17.4 Å². The number of aryl methyl sites for hydroxylation is 1. The van der Waals surface area contributed by atoms with E-state index in [1.807, 2.05) is 25.9 Å². The minimum absolute atomic E-state index is 0.0108. The van der Waals surface area contributed by atoms with Crippen molar-refractivity contribution in [2.45, 2.75) is 33.2 Å². The molecule has 0 bridgehead atoms. The van der Waals surface area contributed by atoms with Gasteiger partial charge in [0.2, 0.25) is 0 Å². The molecule has 7 heteroatoms. The van der Waals surface area contributed by atoms with Crippen LogP contribution in [0, 0.1) is 18.7 Å². The third kappa shape index (κ3) is 5.65. The lowest BCUT2D eigenvalue weighted by Crippen LogP contribution is -2.32. The van der Waals surface area contributed by atoms with E-state index in [2.05, 4.69) is 13.8 Å². The highest BCUT2D eigenvalue weighted by Gasteiger charge is 2.45. The Morgan fingerprint density at radius 1 is 1.15 bits per heavy atom. The maximum atomic E-state index is 13.6. The lowest BCUT2D eigenvalue weighted by atomic mass is 9.94. The third-order valence-corrected chi connectivity index (χ3v) is 5.75.